The van der Waals surface area contributed by atoms with Crippen LogP contribution in [0.4, 0.5) is 5.69 Å². The molecule has 0 saturated carbocycles. The molecule has 5 heteroatoms. The van der Waals surface area contributed by atoms with Gasteiger partial charge in [-0.05, 0) is 72.7 Å². The van der Waals surface area contributed by atoms with Gasteiger partial charge in [0.25, 0.3) is 0 Å². The lowest BCUT2D eigenvalue weighted by atomic mass is 9.83. The van der Waals surface area contributed by atoms with Crippen molar-refractivity contribution in [3.8, 4) is 11.5 Å². The third-order valence-corrected chi connectivity index (χ3v) is 6.36. The zero-order valence-electron chi connectivity index (χ0n) is 16.5. The molecule has 1 fully saturated rings. The van der Waals surface area contributed by atoms with E-state index in [1.165, 1.54) is 10.4 Å². The van der Waals surface area contributed by atoms with Gasteiger partial charge in [0.2, 0.25) is 5.91 Å². The minimum atomic E-state index is 0.0736. The van der Waals surface area contributed by atoms with Crippen molar-refractivity contribution < 1.29 is 14.6 Å². The third-order valence-electron chi connectivity index (χ3n) is 5.42. The van der Waals surface area contributed by atoms with Crippen LogP contribution in [0.5, 0.6) is 11.5 Å². The van der Waals surface area contributed by atoms with Gasteiger partial charge in [0.1, 0.15) is 11.5 Å². The van der Waals surface area contributed by atoms with Gasteiger partial charge >= 0.3 is 0 Å². The quantitative estimate of drug-likeness (QED) is 0.392. The van der Waals surface area contributed by atoms with Crippen molar-refractivity contribution >= 4 is 22.9 Å². The highest BCUT2D eigenvalue weighted by atomic mass is 32.1. The highest BCUT2D eigenvalue weighted by Gasteiger charge is 2.48. The summed E-state index contributed by atoms with van der Waals surface area (Å²) in [6, 6.07) is 19.4. The van der Waals surface area contributed by atoms with E-state index in [0.717, 1.165) is 30.7 Å². The topological polar surface area (TPSA) is 49.8 Å². The van der Waals surface area contributed by atoms with Crippen molar-refractivity contribution in [3.63, 3.8) is 0 Å². The van der Waals surface area contributed by atoms with Crippen molar-refractivity contribution in [2.45, 2.75) is 32.2 Å². The molecular formula is C24H25NO3S. The van der Waals surface area contributed by atoms with Crippen LogP contribution in [-0.2, 0) is 11.2 Å². The second kappa shape index (κ2) is 8.70. The van der Waals surface area contributed by atoms with E-state index in [2.05, 4.69) is 18.4 Å². The molecule has 1 aliphatic heterocycles. The number of benzene rings is 2. The van der Waals surface area contributed by atoms with Gasteiger partial charge in [-0.3, -0.25) is 4.79 Å². The Balaban J connectivity index is 1.34. The van der Waals surface area contributed by atoms with Crippen LogP contribution in [0.1, 0.15) is 36.2 Å². The molecular weight excluding hydrogens is 382 g/mol. The van der Waals surface area contributed by atoms with Gasteiger partial charge in [-0.15, -0.1) is 11.3 Å². The number of phenols is 1. The molecule has 0 radical (unpaired) electrons. The van der Waals surface area contributed by atoms with Gasteiger partial charge in [-0.25, -0.2) is 0 Å². The number of rotatable bonds is 8. The molecule has 0 aliphatic carbocycles. The van der Waals surface area contributed by atoms with Gasteiger partial charge in [0, 0.05) is 10.6 Å². The summed E-state index contributed by atoms with van der Waals surface area (Å²) in [5.41, 5.74) is 2.11. The predicted octanol–water partition coefficient (Wildman–Crippen LogP) is 5.58. The minimum absolute atomic E-state index is 0.0736. The van der Waals surface area contributed by atoms with E-state index in [1.807, 2.05) is 47.4 Å². The second-order valence-electron chi connectivity index (χ2n) is 7.30. The first-order valence-electron chi connectivity index (χ1n) is 10.0. The fourth-order valence-corrected chi connectivity index (χ4v) is 4.73. The molecule has 29 heavy (non-hydrogen) atoms. The van der Waals surface area contributed by atoms with Crippen molar-refractivity contribution in [1.29, 1.82) is 0 Å². The second-order valence-corrected chi connectivity index (χ2v) is 8.27. The number of thiophene rings is 1. The average molecular weight is 408 g/mol. The number of aromatic hydroxyl groups is 1. The number of hydrogen-bond donors (Lipinski definition) is 1. The number of amides is 1. The Morgan fingerprint density at radius 1 is 1.07 bits per heavy atom. The van der Waals surface area contributed by atoms with Crippen LogP contribution in [0, 0.1) is 5.92 Å². The summed E-state index contributed by atoms with van der Waals surface area (Å²) in [5.74, 6) is 1.38. The van der Waals surface area contributed by atoms with Crippen LogP contribution in [-0.4, -0.2) is 17.6 Å². The minimum Gasteiger partial charge on any atom is -0.508 e. The molecule has 4 nitrogen and oxygen atoms in total. The molecule has 1 saturated heterocycles. The summed E-state index contributed by atoms with van der Waals surface area (Å²) in [5, 5.41) is 11.4. The molecule has 1 aromatic heterocycles. The standard InChI is InChI=1S/C24H25NO3S/c1-2-21-23(22-6-4-16-29-22)25(24(21)27)18-9-13-20(14-10-18)28-15-3-5-17-7-11-19(26)12-8-17/h4,6-14,16,21,23,26H,2-3,5,15H2,1H3/t21-,23+/m0/s1. The van der Waals surface area contributed by atoms with E-state index < -0.39 is 0 Å². The van der Waals surface area contributed by atoms with Crippen LogP contribution in [0.25, 0.3) is 0 Å². The summed E-state index contributed by atoms with van der Waals surface area (Å²) in [6.07, 6.45) is 2.66. The SMILES string of the molecule is CC[C@@H]1C(=O)N(c2ccc(OCCCc3ccc(O)cc3)cc2)[C@H]1c1cccs1. The lowest BCUT2D eigenvalue weighted by Crippen LogP contribution is -2.54. The third kappa shape index (κ3) is 4.15. The van der Waals surface area contributed by atoms with E-state index in [1.54, 1.807) is 23.5 Å². The monoisotopic (exact) mass is 407 g/mol. The van der Waals surface area contributed by atoms with Crippen LogP contribution < -0.4 is 9.64 Å². The van der Waals surface area contributed by atoms with Crippen LogP contribution in [0.2, 0.25) is 0 Å². The molecule has 4 rings (SSSR count). The largest absolute Gasteiger partial charge is 0.508 e. The van der Waals surface area contributed by atoms with E-state index in [-0.39, 0.29) is 23.6 Å². The van der Waals surface area contributed by atoms with E-state index >= 15 is 0 Å². The Morgan fingerprint density at radius 2 is 1.83 bits per heavy atom. The molecule has 0 bridgehead atoms. The van der Waals surface area contributed by atoms with Crippen molar-refractivity contribution in [2.24, 2.45) is 5.92 Å². The Bertz CT molecular complexity index is 935. The summed E-state index contributed by atoms with van der Waals surface area (Å²) in [7, 11) is 0. The van der Waals surface area contributed by atoms with Crippen molar-refractivity contribution in [3.05, 3.63) is 76.5 Å². The maximum Gasteiger partial charge on any atom is 0.233 e. The first kappa shape index (κ1) is 19.5. The van der Waals surface area contributed by atoms with E-state index in [0.29, 0.717) is 6.61 Å². The first-order valence-corrected chi connectivity index (χ1v) is 10.9. The number of anilines is 1. The normalized spacial score (nSPS) is 18.5. The summed E-state index contributed by atoms with van der Waals surface area (Å²) in [6.45, 7) is 2.70. The van der Waals surface area contributed by atoms with Gasteiger partial charge in [0.05, 0.1) is 18.6 Å². The number of carbonyl (C=O) groups is 1. The zero-order chi connectivity index (χ0) is 20.2. The maximum absolute atomic E-state index is 12.6. The molecule has 1 amide bonds. The molecule has 3 aromatic rings. The van der Waals surface area contributed by atoms with Gasteiger partial charge in [-0.1, -0.05) is 25.1 Å². The molecule has 1 N–H and O–H groups in total. The van der Waals surface area contributed by atoms with Gasteiger partial charge in [0.15, 0.2) is 0 Å². The Kier molecular flexibility index (Phi) is 5.86. The Morgan fingerprint density at radius 3 is 2.48 bits per heavy atom. The van der Waals surface area contributed by atoms with Crippen LogP contribution in [0.3, 0.4) is 0 Å². The molecule has 1 aliphatic rings. The van der Waals surface area contributed by atoms with Crippen LogP contribution >= 0.6 is 11.3 Å². The molecule has 0 unspecified atom stereocenters. The smallest absolute Gasteiger partial charge is 0.233 e. The predicted molar refractivity (Wildman–Crippen MR) is 117 cm³/mol. The Hall–Kier alpha value is -2.79. The highest BCUT2D eigenvalue weighted by molar-refractivity contribution is 7.10. The number of aryl methyl sites for hydroxylation is 1. The van der Waals surface area contributed by atoms with Crippen molar-refractivity contribution in [2.75, 3.05) is 11.5 Å². The van der Waals surface area contributed by atoms with Crippen LogP contribution in [0.15, 0.2) is 66.0 Å². The molecule has 2 heterocycles. The fraction of sp³-hybridized carbons (Fsp3) is 0.292. The molecule has 0 spiro atoms. The Labute approximate surface area is 175 Å². The molecule has 150 valence electrons. The maximum atomic E-state index is 12.6. The van der Waals surface area contributed by atoms with E-state index in [4.69, 9.17) is 4.74 Å². The molecule has 2 atom stereocenters. The number of hydrogen-bond acceptors (Lipinski definition) is 4. The first-order chi connectivity index (χ1) is 14.2. The van der Waals surface area contributed by atoms with Crippen molar-refractivity contribution in [1.82, 2.24) is 0 Å². The summed E-state index contributed by atoms with van der Waals surface area (Å²) >= 11 is 1.71. The lowest BCUT2D eigenvalue weighted by molar-refractivity contribution is -0.130. The highest BCUT2D eigenvalue weighted by Crippen LogP contribution is 2.46. The summed E-state index contributed by atoms with van der Waals surface area (Å²) in [4.78, 5) is 15.8. The van der Waals surface area contributed by atoms with Gasteiger partial charge in [-0.2, -0.15) is 0 Å². The van der Waals surface area contributed by atoms with Gasteiger partial charge < -0.3 is 14.7 Å². The number of phenolic OH excluding ortho intramolecular Hbond substituents is 1. The number of ether oxygens (including phenoxy) is 1. The average Bonchev–Trinajstić information content (AvgIpc) is 3.26. The summed E-state index contributed by atoms with van der Waals surface area (Å²) < 4.78 is 5.86. The number of nitrogens with zero attached hydrogens (tertiary/aromatic N) is 1. The lowest BCUT2D eigenvalue weighted by Gasteiger charge is -2.46. The molecule has 2 aromatic carbocycles. The van der Waals surface area contributed by atoms with E-state index in [9.17, 15) is 9.90 Å². The fourth-order valence-electron chi connectivity index (χ4n) is 3.85. The number of carbonyl (C=O) groups excluding carboxylic acids is 1. The zero-order valence-corrected chi connectivity index (χ0v) is 17.3. The number of β-lactam (4-membered cyclic amide) rings is 1.